The first-order valence-corrected chi connectivity index (χ1v) is 5.51. The highest BCUT2D eigenvalue weighted by molar-refractivity contribution is 14.1. The third-order valence-electron chi connectivity index (χ3n) is 2.14. The van der Waals surface area contributed by atoms with Crippen molar-refractivity contribution in [2.75, 3.05) is 7.11 Å². The van der Waals surface area contributed by atoms with Gasteiger partial charge in [-0.3, -0.25) is 4.68 Å². The van der Waals surface area contributed by atoms with E-state index in [1.54, 1.807) is 10.9 Å². The van der Waals surface area contributed by atoms with E-state index in [4.69, 9.17) is 4.74 Å². The van der Waals surface area contributed by atoms with Gasteiger partial charge >= 0.3 is 5.97 Å². The Morgan fingerprint density at radius 2 is 2.43 bits per heavy atom. The van der Waals surface area contributed by atoms with Gasteiger partial charge < -0.3 is 4.74 Å². The van der Waals surface area contributed by atoms with Crippen molar-refractivity contribution in [3.05, 3.63) is 15.5 Å². The predicted octanol–water partition coefficient (Wildman–Crippen LogP) is 2.25. The van der Waals surface area contributed by atoms with E-state index in [-0.39, 0.29) is 12.0 Å². The molecule has 0 aliphatic carbocycles. The number of aromatic nitrogens is 2. The van der Waals surface area contributed by atoms with Gasteiger partial charge in [-0.2, -0.15) is 5.10 Å². The zero-order valence-electron chi connectivity index (χ0n) is 8.45. The highest BCUT2D eigenvalue weighted by atomic mass is 127. The van der Waals surface area contributed by atoms with Gasteiger partial charge in [0, 0.05) is 6.04 Å². The number of ether oxygens (including phenoxy) is 1. The van der Waals surface area contributed by atoms with Crippen LogP contribution in [0.1, 0.15) is 36.8 Å². The van der Waals surface area contributed by atoms with E-state index in [0.29, 0.717) is 5.69 Å². The number of carbonyl (C=O) groups excluding carboxylic acids is 1. The van der Waals surface area contributed by atoms with Crippen LogP contribution >= 0.6 is 22.6 Å². The van der Waals surface area contributed by atoms with Crippen molar-refractivity contribution in [3.8, 4) is 0 Å². The number of carbonyl (C=O) groups is 1. The zero-order valence-corrected chi connectivity index (χ0v) is 10.6. The number of hydrogen-bond acceptors (Lipinski definition) is 3. The van der Waals surface area contributed by atoms with E-state index < -0.39 is 0 Å². The summed E-state index contributed by atoms with van der Waals surface area (Å²) in [5, 5.41) is 4.16. The van der Waals surface area contributed by atoms with Gasteiger partial charge in [-0.05, 0) is 35.9 Å². The molecule has 0 saturated carbocycles. The minimum absolute atomic E-state index is 0.215. The van der Waals surface area contributed by atoms with E-state index in [0.717, 1.165) is 9.99 Å². The van der Waals surface area contributed by atoms with Gasteiger partial charge in [-0.1, -0.05) is 6.92 Å². The lowest BCUT2D eigenvalue weighted by Crippen LogP contribution is -2.16. The molecule has 0 amide bonds. The summed E-state index contributed by atoms with van der Waals surface area (Å²) < 4.78 is 7.25. The number of hydrogen-bond donors (Lipinski definition) is 0. The van der Waals surface area contributed by atoms with Crippen LogP contribution < -0.4 is 0 Å². The first-order valence-electron chi connectivity index (χ1n) is 4.43. The molecule has 1 aromatic heterocycles. The fraction of sp³-hybridized carbons (Fsp3) is 0.556. The van der Waals surface area contributed by atoms with Crippen molar-refractivity contribution in [1.29, 1.82) is 0 Å². The van der Waals surface area contributed by atoms with Gasteiger partial charge in [0.25, 0.3) is 0 Å². The second-order valence-corrected chi connectivity index (χ2v) is 4.20. The van der Waals surface area contributed by atoms with Crippen LogP contribution in [0.2, 0.25) is 0 Å². The highest BCUT2D eigenvalue weighted by Gasteiger charge is 2.19. The molecular formula is C9H13IN2O2. The van der Waals surface area contributed by atoms with Crippen LogP contribution in [0.4, 0.5) is 0 Å². The number of esters is 1. The molecule has 4 nitrogen and oxygen atoms in total. The molecule has 1 unspecified atom stereocenters. The molecule has 0 radical (unpaired) electrons. The Kier molecular flexibility index (Phi) is 3.91. The molecule has 0 bridgehead atoms. The third kappa shape index (κ3) is 2.08. The fourth-order valence-electron chi connectivity index (χ4n) is 1.14. The predicted molar refractivity (Wildman–Crippen MR) is 61.3 cm³/mol. The third-order valence-corrected chi connectivity index (χ3v) is 2.93. The highest BCUT2D eigenvalue weighted by Crippen LogP contribution is 2.18. The first kappa shape index (κ1) is 11.5. The Hall–Kier alpha value is -0.590. The standard InChI is InChI=1S/C9H13IN2O2/c1-4-6(2)12-8(9(13)14-3)7(10)5-11-12/h5-6H,4H2,1-3H3. The molecule has 0 aromatic carbocycles. The minimum atomic E-state index is -0.327. The Bertz CT molecular complexity index is 336. The number of nitrogens with zero attached hydrogens (tertiary/aromatic N) is 2. The summed E-state index contributed by atoms with van der Waals surface area (Å²) in [5.41, 5.74) is 0.544. The summed E-state index contributed by atoms with van der Waals surface area (Å²) in [5.74, 6) is -0.327. The second kappa shape index (κ2) is 4.77. The Morgan fingerprint density at radius 3 is 2.93 bits per heavy atom. The van der Waals surface area contributed by atoms with Gasteiger partial charge in [-0.25, -0.2) is 4.79 Å². The maximum atomic E-state index is 11.4. The van der Waals surface area contributed by atoms with Gasteiger partial charge in [0.2, 0.25) is 0 Å². The maximum Gasteiger partial charge on any atom is 0.357 e. The fourth-order valence-corrected chi connectivity index (χ4v) is 1.73. The Balaban J connectivity index is 3.12. The van der Waals surface area contributed by atoms with E-state index in [2.05, 4.69) is 34.6 Å². The van der Waals surface area contributed by atoms with Crippen LogP contribution in [-0.4, -0.2) is 22.9 Å². The largest absolute Gasteiger partial charge is 0.464 e. The van der Waals surface area contributed by atoms with Crippen LogP contribution in [0.25, 0.3) is 0 Å². The van der Waals surface area contributed by atoms with Crippen LogP contribution in [0.3, 0.4) is 0 Å². The lowest BCUT2D eigenvalue weighted by molar-refractivity contribution is 0.0582. The number of rotatable bonds is 3. The van der Waals surface area contributed by atoms with Crippen molar-refractivity contribution in [1.82, 2.24) is 9.78 Å². The number of methoxy groups -OCH3 is 1. The molecule has 5 heteroatoms. The van der Waals surface area contributed by atoms with E-state index in [9.17, 15) is 4.79 Å². The molecule has 1 rings (SSSR count). The second-order valence-electron chi connectivity index (χ2n) is 3.03. The molecule has 0 aliphatic heterocycles. The quantitative estimate of drug-likeness (QED) is 0.635. The number of halogens is 1. The molecule has 0 fully saturated rings. The summed E-state index contributed by atoms with van der Waals surface area (Å²) in [6, 6.07) is 0.215. The Labute approximate surface area is 96.8 Å². The first-order chi connectivity index (χ1) is 6.61. The lowest BCUT2D eigenvalue weighted by Gasteiger charge is -2.12. The zero-order chi connectivity index (χ0) is 10.7. The van der Waals surface area contributed by atoms with Crippen molar-refractivity contribution < 1.29 is 9.53 Å². The van der Waals surface area contributed by atoms with Crippen molar-refractivity contribution in [2.45, 2.75) is 26.3 Å². The topological polar surface area (TPSA) is 44.1 Å². The maximum absolute atomic E-state index is 11.4. The molecule has 78 valence electrons. The van der Waals surface area contributed by atoms with Crippen LogP contribution in [-0.2, 0) is 4.74 Å². The Morgan fingerprint density at radius 1 is 1.79 bits per heavy atom. The monoisotopic (exact) mass is 308 g/mol. The van der Waals surface area contributed by atoms with Crippen molar-refractivity contribution in [3.63, 3.8) is 0 Å². The average Bonchev–Trinajstić information content (AvgIpc) is 2.58. The molecule has 0 spiro atoms. The molecule has 0 saturated heterocycles. The average molecular weight is 308 g/mol. The molecule has 1 heterocycles. The summed E-state index contributed by atoms with van der Waals surface area (Å²) in [6.07, 6.45) is 2.61. The smallest absolute Gasteiger partial charge is 0.357 e. The summed E-state index contributed by atoms with van der Waals surface area (Å²) in [6.45, 7) is 4.08. The van der Waals surface area contributed by atoms with Gasteiger partial charge in [0.15, 0.2) is 5.69 Å². The molecule has 1 atom stereocenters. The lowest BCUT2D eigenvalue weighted by atomic mass is 10.2. The molecule has 14 heavy (non-hydrogen) atoms. The van der Waals surface area contributed by atoms with Crippen molar-refractivity contribution >= 4 is 28.6 Å². The van der Waals surface area contributed by atoms with E-state index in [1.165, 1.54) is 7.11 Å². The normalized spacial score (nSPS) is 12.6. The summed E-state index contributed by atoms with van der Waals surface area (Å²) in [7, 11) is 1.38. The van der Waals surface area contributed by atoms with Crippen LogP contribution in [0.5, 0.6) is 0 Å². The van der Waals surface area contributed by atoms with E-state index in [1.807, 2.05) is 6.92 Å². The molecular weight excluding hydrogens is 295 g/mol. The molecule has 1 aromatic rings. The molecule has 0 aliphatic rings. The van der Waals surface area contributed by atoms with Gasteiger partial charge in [0.05, 0.1) is 16.9 Å². The van der Waals surface area contributed by atoms with Crippen LogP contribution in [0, 0.1) is 3.57 Å². The summed E-state index contributed by atoms with van der Waals surface area (Å²) in [4.78, 5) is 11.4. The van der Waals surface area contributed by atoms with Crippen LogP contribution in [0.15, 0.2) is 6.20 Å². The van der Waals surface area contributed by atoms with E-state index >= 15 is 0 Å². The minimum Gasteiger partial charge on any atom is -0.464 e. The molecule has 0 N–H and O–H groups in total. The SMILES string of the molecule is CCC(C)n1ncc(I)c1C(=O)OC. The summed E-state index contributed by atoms with van der Waals surface area (Å²) >= 11 is 2.09. The van der Waals surface area contributed by atoms with Gasteiger partial charge in [-0.15, -0.1) is 0 Å². The van der Waals surface area contributed by atoms with Crippen molar-refractivity contribution in [2.24, 2.45) is 0 Å². The van der Waals surface area contributed by atoms with Gasteiger partial charge in [0.1, 0.15) is 0 Å².